The zero-order valence-corrected chi connectivity index (χ0v) is 15.3. The molecule has 1 atom stereocenters. The highest BCUT2D eigenvalue weighted by Crippen LogP contribution is 2.21. The van der Waals surface area contributed by atoms with E-state index in [1.165, 1.54) is 6.92 Å². The molecule has 0 aliphatic rings. The number of quaternary nitrogens is 1. The smallest absolute Gasteiger partial charge is 0.279 e. The van der Waals surface area contributed by atoms with Gasteiger partial charge in [0.1, 0.15) is 12.3 Å². The van der Waals surface area contributed by atoms with Gasteiger partial charge >= 0.3 is 0 Å². The van der Waals surface area contributed by atoms with Crippen LogP contribution < -0.4 is 15.0 Å². The minimum absolute atomic E-state index is 0.0353. The van der Waals surface area contributed by atoms with Gasteiger partial charge in [-0.1, -0.05) is 23.7 Å². The lowest BCUT2D eigenvalue weighted by molar-refractivity contribution is -0.885. The lowest BCUT2D eigenvalue weighted by Crippen LogP contribution is -3.08. The molecule has 132 valence electrons. The predicted octanol–water partition coefficient (Wildman–Crippen LogP) is 2.20. The van der Waals surface area contributed by atoms with Crippen molar-refractivity contribution < 1.29 is 19.2 Å². The quantitative estimate of drug-likeness (QED) is 0.743. The molecule has 25 heavy (non-hydrogen) atoms. The number of ether oxygens (including phenoxy) is 1. The number of methoxy groups -OCH3 is 1. The molecule has 0 bridgehead atoms. The number of benzene rings is 2. The van der Waals surface area contributed by atoms with Crippen molar-refractivity contribution in [3.63, 3.8) is 0 Å². The van der Waals surface area contributed by atoms with E-state index in [4.69, 9.17) is 16.3 Å². The standard InChI is InChI=1S/C19H21ClN2O3/c1-13(23)14-5-4-6-17(10-14)21-19(24)12-22(2)11-15-9-16(20)7-8-18(15)25-3/h4-10H,11-12H2,1-3H3,(H,21,24)/p+1. The summed E-state index contributed by atoms with van der Waals surface area (Å²) in [7, 11) is 3.53. The number of amides is 1. The Morgan fingerprint density at radius 2 is 1.96 bits per heavy atom. The molecule has 0 radical (unpaired) electrons. The van der Waals surface area contributed by atoms with E-state index in [0.29, 0.717) is 22.8 Å². The van der Waals surface area contributed by atoms with Gasteiger partial charge < -0.3 is 15.0 Å². The average Bonchev–Trinajstić information content (AvgIpc) is 2.55. The Labute approximate surface area is 152 Å². The van der Waals surface area contributed by atoms with Gasteiger partial charge in [0, 0.05) is 21.8 Å². The van der Waals surface area contributed by atoms with Gasteiger partial charge in [-0.3, -0.25) is 9.59 Å². The number of ketones is 1. The molecule has 2 aromatic carbocycles. The molecule has 0 heterocycles. The Morgan fingerprint density at radius 3 is 2.64 bits per heavy atom. The molecule has 6 heteroatoms. The summed E-state index contributed by atoms with van der Waals surface area (Å²) in [6.45, 7) is 2.38. The van der Waals surface area contributed by atoms with E-state index in [2.05, 4.69) is 5.32 Å². The van der Waals surface area contributed by atoms with Crippen molar-refractivity contribution in [2.24, 2.45) is 0 Å². The molecule has 0 fully saturated rings. The number of halogens is 1. The first-order valence-corrected chi connectivity index (χ1v) is 8.31. The Bertz CT molecular complexity index is 777. The SMILES string of the molecule is COc1ccc(Cl)cc1C[NH+](C)CC(=O)Nc1cccc(C(C)=O)c1. The van der Waals surface area contributed by atoms with Gasteiger partial charge in [0.15, 0.2) is 12.3 Å². The molecule has 0 saturated carbocycles. The molecular formula is C19H22ClN2O3+. The first-order valence-electron chi connectivity index (χ1n) is 7.93. The van der Waals surface area contributed by atoms with E-state index in [0.717, 1.165) is 16.2 Å². The van der Waals surface area contributed by atoms with Gasteiger partial charge in [0.25, 0.3) is 5.91 Å². The van der Waals surface area contributed by atoms with Crippen molar-refractivity contribution in [2.45, 2.75) is 13.5 Å². The first kappa shape index (κ1) is 19.0. The maximum atomic E-state index is 12.2. The summed E-state index contributed by atoms with van der Waals surface area (Å²) in [5, 5.41) is 3.46. The van der Waals surface area contributed by atoms with E-state index in [-0.39, 0.29) is 18.2 Å². The monoisotopic (exact) mass is 361 g/mol. The Hall–Kier alpha value is -2.37. The van der Waals surface area contributed by atoms with Crippen LogP contribution in [0.25, 0.3) is 0 Å². The topological polar surface area (TPSA) is 59.8 Å². The highest BCUT2D eigenvalue weighted by atomic mass is 35.5. The van der Waals surface area contributed by atoms with E-state index < -0.39 is 0 Å². The number of anilines is 1. The summed E-state index contributed by atoms with van der Waals surface area (Å²) in [5.41, 5.74) is 2.13. The molecule has 1 amide bonds. The van der Waals surface area contributed by atoms with Crippen LogP contribution in [0, 0.1) is 0 Å². The summed E-state index contributed by atoms with van der Waals surface area (Å²) in [5.74, 6) is 0.587. The molecule has 0 aliphatic heterocycles. The molecule has 2 N–H and O–H groups in total. The van der Waals surface area contributed by atoms with Crippen LogP contribution in [0.2, 0.25) is 5.02 Å². The molecule has 2 rings (SSSR count). The van der Waals surface area contributed by atoms with Gasteiger partial charge in [0.2, 0.25) is 0 Å². The normalized spacial score (nSPS) is 11.7. The molecule has 0 aliphatic carbocycles. The maximum Gasteiger partial charge on any atom is 0.279 e. The molecule has 0 aromatic heterocycles. The summed E-state index contributed by atoms with van der Waals surface area (Å²) in [6.07, 6.45) is 0. The van der Waals surface area contributed by atoms with Crippen LogP contribution >= 0.6 is 11.6 Å². The Morgan fingerprint density at radius 1 is 1.20 bits per heavy atom. The second-order valence-corrected chi connectivity index (χ2v) is 6.39. The van der Waals surface area contributed by atoms with E-state index >= 15 is 0 Å². The van der Waals surface area contributed by atoms with Crippen LogP contribution in [0.15, 0.2) is 42.5 Å². The van der Waals surface area contributed by atoms with Crippen LogP contribution in [0.4, 0.5) is 5.69 Å². The lowest BCUT2D eigenvalue weighted by atomic mass is 10.1. The van der Waals surface area contributed by atoms with Gasteiger partial charge in [0.05, 0.1) is 14.2 Å². The second kappa shape index (κ2) is 8.65. The highest BCUT2D eigenvalue weighted by Gasteiger charge is 2.14. The summed E-state index contributed by atoms with van der Waals surface area (Å²) in [4.78, 5) is 24.6. The number of carbonyl (C=O) groups excluding carboxylic acids is 2. The number of Topliss-reactive ketones (excluding diaryl/α,β-unsaturated/α-hetero) is 1. The molecule has 0 saturated heterocycles. The van der Waals surface area contributed by atoms with E-state index in [9.17, 15) is 9.59 Å². The fourth-order valence-electron chi connectivity index (χ4n) is 2.57. The molecule has 0 spiro atoms. The van der Waals surface area contributed by atoms with E-state index in [1.807, 2.05) is 19.2 Å². The lowest BCUT2D eigenvalue weighted by Gasteiger charge is -2.16. The largest absolute Gasteiger partial charge is 0.496 e. The van der Waals surface area contributed by atoms with Crippen molar-refractivity contribution in [2.75, 3.05) is 26.0 Å². The molecule has 5 nitrogen and oxygen atoms in total. The number of carbonyl (C=O) groups is 2. The predicted molar refractivity (Wildman–Crippen MR) is 98.5 cm³/mol. The fourth-order valence-corrected chi connectivity index (χ4v) is 2.76. The zero-order chi connectivity index (χ0) is 18.4. The van der Waals surface area contributed by atoms with Crippen LogP contribution in [0.1, 0.15) is 22.8 Å². The average molecular weight is 362 g/mol. The molecule has 2 aromatic rings. The second-order valence-electron chi connectivity index (χ2n) is 5.95. The number of rotatable bonds is 7. The van der Waals surface area contributed by atoms with Crippen molar-refractivity contribution >= 4 is 29.0 Å². The third kappa shape index (κ3) is 5.59. The number of hydrogen-bond acceptors (Lipinski definition) is 3. The summed E-state index contributed by atoms with van der Waals surface area (Å²) in [6, 6.07) is 12.3. The van der Waals surface area contributed by atoms with Gasteiger partial charge in [-0.05, 0) is 37.3 Å². The number of hydrogen-bond donors (Lipinski definition) is 2. The maximum absolute atomic E-state index is 12.2. The van der Waals surface area contributed by atoms with Gasteiger partial charge in [-0.2, -0.15) is 0 Å². The highest BCUT2D eigenvalue weighted by molar-refractivity contribution is 6.30. The van der Waals surface area contributed by atoms with Crippen LogP contribution in [-0.2, 0) is 11.3 Å². The van der Waals surface area contributed by atoms with Gasteiger partial charge in [-0.15, -0.1) is 0 Å². The van der Waals surface area contributed by atoms with Crippen molar-refractivity contribution in [3.05, 3.63) is 58.6 Å². The molecular weight excluding hydrogens is 340 g/mol. The zero-order valence-electron chi connectivity index (χ0n) is 14.6. The third-order valence-electron chi connectivity index (χ3n) is 3.75. The molecule has 1 unspecified atom stereocenters. The minimum atomic E-state index is -0.126. The van der Waals surface area contributed by atoms with Crippen LogP contribution in [0.3, 0.4) is 0 Å². The Kier molecular flexibility index (Phi) is 6.56. The summed E-state index contributed by atoms with van der Waals surface area (Å²) < 4.78 is 5.33. The van der Waals surface area contributed by atoms with Gasteiger partial charge in [-0.25, -0.2) is 0 Å². The Balaban J connectivity index is 1.97. The first-order chi connectivity index (χ1) is 11.9. The van der Waals surface area contributed by atoms with Crippen molar-refractivity contribution in [1.29, 1.82) is 0 Å². The fraction of sp³-hybridized carbons (Fsp3) is 0.263. The van der Waals surface area contributed by atoms with Crippen LogP contribution in [0.5, 0.6) is 5.75 Å². The summed E-state index contributed by atoms with van der Waals surface area (Å²) >= 11 is 6.04. The third-order valence-corrected chi connectivity index (χ3v) is 3.98. The minimum Gasteiger partial charge on any atom is -0.496 e. The van der Waals surface area contributed by atoms with Crippen molar-refractivity contribution in [3.8, 4) is 5.75 Å². The van der Waals surface area contributed by atoms with Crippen LogP contribution in [-0.4, -0.2) is 32.4 Å². The van der Waals surface area contributed by atoms with Crippen molar-refractivity contribution in [1.82, 2.24) is 0 Å². The number of likely N-dealkylation sites (N-methyl/N-ethyl adjacent to an activating group) is 1. The van der Waals surface area contributed by atoms with E-state index in [1.54, 1.807) is 37.4 Å². The number of nitrogens with one attached hydrogen (secondary N) is 2.